The van der Waals surface area contributed by atoms with Crippen LogP contribution in [0.3, 0.4) is 0 Å². The van der Waals surface area contributed by atoms with Gasteiger partial charge in [0.1, 0.15) is 11.5 Å². The summed E-state index contributed by atoms with van der Waals surface area (Å²) < 4.78 is 5.34. The maximum atomic E-state index is 11.6. The monoisotopic (exact) mass is 224 g/mol. The molecule has 0 aromatic carbocycles. The molecule has 2 unspecified atom stereocenters. The SMILES string of the molecule is CCC(C)C(N)C(=O)NCc1ccc(C)o1. The molecule has 1 heterocycles. The van der Waals surface area contributed by atoms with Gasteiger partial charge in [-0.1, -0.05) is 20.3 Å². The van der Waals surface area contributed by atoms with E-state index in [-0.39, 0.29) is 11.8 Å². The maximum absolute atomic E-state index is 11.6. The fourth-order valence-corrected chi connectivity index (χ4v) is 1.38. The van der Waals surface area contributed by atoms with Gasteiger partial charge in [-0.2, -0.15) is 0 Å². The van der Waals surface area contributed by atoms with Crippen molar-refractivity contribution in [1.82, 2.24) is 5.32 Å². The van der Waals surface area contributed by atoms with Gasteiger partial charge in [0.2, 0.25) is 5.91 Å². The molecule has 0 radical (unpaired) electrons. The van der Waals surface area contributed by atoms with E-state index in [1.807, 2.05) is 32.9 Å². The topological polar surface area (TPSA) is 68.3 Å². The first-order valence-electron chi connectivity index (χ1n) is 5.63. The van der Waals surface area contributed by atoms with Crippen LogP contribution in [0.15, 0.2) is 16.5 Å². The summed E-state index contributed by atoms with van der Waals surface area (Å²) in [6.07, 6.45) is 0.897. The van der Waals surface area contributed by atoms with Gasteiger partial charge in [0.15, 0.2) is 0 Å². The van der Waals surface area contributed by atoms with Crippen molar-refractivity contribution in [2.75, 3.05) is 0 Å². The average molecular weight is 224 g/mol. The van der Waals surface area contributed by atoms with Crippen LogP contribution < -0.4 is 11.1 Å². The minimum atomic E-state index is -0.443. The van der Waals surface area contributed by atoms with Crippen molar-refractivity contribution < 1.29 is 9.21 Å². The average Bonchev–Trinajstić information content (AvgIpc) is 2.69. The van der Waals surface area contributed by atoms with Crippen LogP contribution in [0.5, 0.6) is 0 Å². The van der Waals surface area contributed by atoms with Crippen LogP contribution in [-0.2, 0) is 11.3 Å². The van der Waals surface area contributed by atoms with E-state index in [0.29, 0.717) is 6.54 Å². The Hall–Kier alpha value is -1.29. The van der Waals surface area contributed by atoms with Crippen molar-refractivity contribution >= 4 is 5.91 Å². The summed E-state index contributed by atoms with van der Waals surface area (Å²) in [7, 11) is 0. The zero-order valence-corrected chi connectivity index (χ0v) is 10.1. The van der Waals surface area contributed by atoms with Crippen molar-refractivity contribution in [3.05, 3.63) is 23.7 Å². The van der Waals surface area contributed by atoms with Gasteiger partial charge in [0.05, 0.1) is 12.6 Å². The fraction of sp³-hybridized carbons (Fsp3) is 0.583. The third-order valence-corrected chi connectivity index (χ3v) is 2.79. The van der Waals surface area contributed by atoms with E-state index in [1.165, 1.54) is 0 Å². The smallest absolute Gasteiger partial charge is 0.237 e. The van der Waals surface area contributed by atoms with Gasteiger partial charge in [0.25, 0.3) is 0 Å². The molecule has 0 bridgehead atoms. The molecule has 0 spiro atoms. The summed E-state index contributed by atoms with van der Waals surface area (Å²) in [6, 6.07) is 3.28. The van der Waals surface area contributed by atoms with Gasteiger partial charge in [-0.25, -0.2) is 0 Å². The molecule has 16 heavy (non-hydrogen) atoms. The second-order valence-corrected chi connectivity index (χ2v) is 4.14. The minimum absolute atomic E-state index is 0.122. The maximum Gasteiger partial charge on any atom is 0.237 e. The molecule has 0 aliphatic heterocycles. The van der Waals surface area contributed by atoms with Crippen LogP contribution in [0.4, 0.5) is 0 Å². The van der Waals surface area contributed by atoms with Crippen molar-refractivity contribution in [3.63, 3.8) is 0 Å². The van der Waals surface area contributed by atoms with E-state index >= 15 is 0 Å². The fourth-order valence-electron chi connectivity index (χ4n) is 1.38. The molecular weight excluding hydrogens is 204 g/mol. The van der Waals surface area contributed by atoms with Crippen LogP contribution in [0.25, 0.3) is 0 Å². The van der Waals surface area contributed by atoms with Gasteiger partial charge in [-0.3, -0.25) is 4.79 Å². The molecule has 0 aliphatic rings. The number of amides is 1. The van der Waals surface area contributed by atoms with Crippen LogP contribution in [0.1, 0.15) is 31.8 Å². The van der Waals surface area contributed by atoms with E-state index < -0.39 is 6.04 Å². The van der Waals surface area contributed by atoms with Crippen LogP contribution >= 0.6 is 0 Å². The molecule has 1 aromatic rings. The van der Waals surface area contributed by atoms with Gasteiger partial charge < -0.3 is 15.5 Å². The zero-order valence-electron chi connectivity index (χ0n) is 10.1. The lowest BCUT2D eigenvalue weighted by Crippen LogP contribution is -2.44. The lowest BCUT2D eigenvalue weighted by molar-refractivity contribution is -0.123. The van der Waals surface area contributed by atoms with Gasteiger partial charge >= 0.3 is 0 Å². The second-order valence-electron chi connectivity index (χ2n) is 4.14. The number of nitrogens with two attached hydrogens (primary N) is 1. The van der Waals surface area contributed by atoms with Crippen molar-refractivity contribution in [3.8, 4) is 0 Å². The third-order valence-electron chi connectivity index (χ3n) is 2.79. The summed E-state index contributed by atoms with van der Waals surface area (Å²) in [4.78, 5) is 11.6. The Labute approximate surface area is 96.2 Å². The molecule has 2 atom stereocenters. The predicted octanol–water partition coefficient (Wildman–Crippen LogP) is 1.58. The lowest BCUT2D eigenvalue weighted by atomic mass is 9.99. The van der Waals surface area contributed by atoms with E-state index in [9.17, 15) is 4.79 Å². The van der Waals surface area contributed by atoms with Gasteiger partial charge in [-0.15, -0.1) is 0 Å². The molecule has 4 nitrogen and oxygen atoms in total. The standard InChI is InChI=1S/C12H20N2O2/c1-4-8(2)11(13)12(15)14-7-10-6-5-9(3)16-10/h5-6,8,11H,4,7,13H2,1-3H3,(H,14,15). The number of hydrogen-bond acceptors (Lipinski definition) is 3. The van der Waals surface area contributed by atoms with Crippen molar-refractivity contribution in [2.24, 2.45) is 11.7 Å². The summed E-state index contributed by atoms with van der Waals surface area (Å²) in [5.74, 6) is 1.67. The minimum Gasteiger partial charge on any atom is -0.465 e. The second kappa shape index (κ2) is 5.70. The summed E-state index contributed by atoms with van der Waals surface area (Å²) in [6.45, 7) is 6.27. The summed E-state index contributed by atoms with van der Waals surface area (Å²) in [5.41, 5.74) is 5.80. The van der Waals surface area contributed by atoms with Crippen LogP contribution in [-0.4, -0.2) is 11.9 Å². The Morgan fingerprint density at radius 1 is 1.56 bits per heavy atom. The highest BCUT2D eigenvalue weighted by molar-refractivity contribution is 5.81. The molecule has 1 aromatic heterocycles. The highest BCUT2D eigenvalue weighted by Gasteiger charge is 2.19. The summed E-state index contributed by atoms with van der Waals surface area (Å²) >= 11 is 0. The Bertz CT molecular complexity index is 347. The number of carbonyl (C=O) groups excluding carboxylic acids is 1. The molecule has 1 amide bonds. The highest BCUT2D eigenvalue weighted by Crippen LogP contribution is 2.07. The van der Waals surface area contributed by atoms with Gasteiger partial charge in [-0.05, 0) is 25.0 Å². The molecule has 0 saturated carbocycles. The van der Waals surface area contributed by atoms with E-state index in [2.05, 4.69) is 5.32 Å². The first-order valence-corrected chi connectivity index (χ1v) is 5.63. The Kier molecular flexibility index (Phi) is 4.55. The Balaban J connectivity index is 2.40. The van der Waals surface area contributed by atoms with Gasteiger partial charge in [0, 0.05) is 0 Å². The van der Waals surface area contributed by atoms with E-state index in [4.69, 9.17) is 10.2 Å². The van der Waals surface area contributed by atoms with E-state index in [1.54, 1.807) is 0 Å². The quantitative estimate of drug-likeness (QED) is 0.797. The molecule has 0 saturated heterocycles. The normalized spacial score (nSPS) is 14.5. The number of rotatable bonds is 5. The van der Waals surface area contributed by atoms with Crippen LogP contribution in [0, 0.1) is 12.8 Å². The first-order chi connectivity index (χ1) is 7.54. The number of nitrogens with one attached hydrogen (secondary N) is 1. The molecule has 0 fully saturated rings. The zero-order chi connectivity index (χ0) is 12.1. The third kappa shape index (κ3) is 3.38. The largest absolute Gasteiger partial charge is 0.465 e. The number of hydrogen-bond donors (Lipinski definition) is 2. The summed E-state index contributed by atoms with van der Waals surface area (Å²) in [5, 5.41) is 2.77. The molecule has 4 heteroatoms. The predicted molar refractivity (Wildman–Crippen MR) is 62.7 cm³/mol. The number of aryl methyl sites for hydroxylation is 1. The molecule has 90 valence electrons. The first kappa shape index (κ1) is 12.8. The van der Waals surface area contributed by atoms with Crippen LogP contribution in [0.2, 0.25) is 0 Å². The molecule has 1 rings (SSSR count). The molecule has 3 N–H and O–H groups in total. The Morgan fingerprint density at radius 3 is 2.75 bits per heavy atom. The lowest BCUT2D eigenvalue weighted by Gasteiger charge is -2.17. The number of furan rings is 1. The van der Waals surface area contributed by atoms with Crippen molar-refractivity contribution in [1.29, 1.82) is 0 Å². The van der Waals surface area contributed by atoms with E-state index in [0.717, 1.165) is 17.9 Å². The highest BCUT2D eigenvalue weighted by atomic mass is 16.3. The molecular formula is C12H20N2O2. The Morgan fingerprint density at radius 2 is 2.25 bits per heavy atom. The van der Waals surface area contributed by atoms with Crippen molar-refractivity contribution in [2.45, 2.75) is 39.8 Å². The molecule has 0 aliphatic carbocycles. The number of carbonyl (C=O) groups is 1.